The normalized spacial score (nSPS) is 13.2. The first-order chi connectivity index (χ1) is 16.3. The van der Waals surface area contributed by atoms with Gasteiger partial charge in [0.2, 0.25) is 0 Å². The van der Waals surface area contributed by atoms with Crippen molar-refractivity contribution in [1.82, 2.24) is 20.4 Å². The van der Waals surface area contributed by atoms with Crippen LogP contribution in [0, 0.1) is 11.6 Å². The molecule has 0 saturated carbocycles. The Kier molecular flexibility index (Phi) is 7.31. The molecule has 186 valence electrons. The second-order valence-electron chi connectivity index (χ2n) is 7.32. The molecule has 0 bridgehead atoms. The fraction of sp³-hybridized carbons (Fsp3) is 0.190. The Morgan fingerprint density at radius 2 is 1.63 bits per heavy atom. The number of aromatic nitrogens is 2. The summed E-state index contributed by atoms with van der Waals surface area (Å²) in [6.07, 6.45) is -4.33. The minimum absolute atomic E-state index is 0.257. The number of aliphatic hydroxyl groups is 1. The zero-order valence-corrected chi connectivity index (χ0v) is 18.3. The average molecular weight is 518 g/mol. The fourth-order valence-corrected chi connectivity index (χ4v) is 3.18. The van der Waals surface area contributed by atoms with Crippen molar-refractivity contribution in [1.29, 1.82) is 0 Å². The van der Waals surface area contributed by atoms with E-state index in [4.69, 9.17) is 17.3 Å². The van der Waals surface area contributed by atoms with E-state index in [1.807, 2.05) is 5.32 Å². The van der Waals surface area contributed by atoms with Crippen molar-refractivity contribution >= 4 is 29.2 Å². The lowest BCUT2D eigenvalue weighted by Gasteiger charge is -2.30. The van der Waals surface area contributed by atoms with Gasteiger partial charge < -0.3 is 21.5 Å². The Bertz CT molecular complexity index is 1230. The Labute approximate surface area is 199 Å². The number of nitrogen functional groups attached to an aromatic ring is 1. The number of nitrogens with zero attached hydrogens (tertiary/aromatic N) is 2. The number of benzene rings is 2. The molecule has 2 aromatic carbocycles. The molecule has 0 spiro atoms. The number of nitrogens with one attached hydrogen (secondary N) is 2. The molecule has 35 heavy (non-hydrogen) atoms. The predicted octanol–water partition coefficient (Wildman–Crippen LogP) is 2.84. The summed E-state index contributed by atoms with van der Waals surface area (Å²) in [5, 5.41) is 17.4. The minimum Gasteiger partial charge on any atom is -0.383 e. The molecule has 3 aromatic rings. The molecule has 1 atom stereocenters. The Hall–Kier alpha value is -3.71. The first-order valence-electron chi connectivity index (χ1n) is 9.73. The van der Waals surface area contributed by atoms with E-state index in [-0.39, 0.29) is 22.1 Å². The molecule has 2 amide bonds. The van der Waals surface area contributed by atoms with Crippen LogP contribution in [0.2, 0.25) is 5.02 Å². The monoisotopic (exact) mass is 517 g/mol. The first kappa shape index (κ1) is 25.9. The molecular weight excluding hydrogens is 501 g/mol. The Morgan fingerprint density at radius 1 is 1.03 bits per heavy atom. The van der Waals surface area contributed by atoms with E-state index >= 15 is 0 Å². The topological polar surface area (TPSA) is 122 Å². The van der Waals surface area contributed by atoms with Crippen molar-refractivity contribution < 1.29 is 36.6 Å². The van der Waals surface area contributed by atoms with Gasteiger partial charge in [-0.05, 0) is 36.4 Å². The summed E-state index contributed by atoms with van der Waals surface area (Å²) < 4.78 is 68.8. The summed E-state index contributed by atoms with van der Waals surface area (Å²) in [4.78, 5) is 24.6. The van der Waals surface area contributed by atoms with Crippen molar-refractivity contribution in [3.63, 3.8) is 0 Å². The van der Waals surface area contributed by atoms with Crippen LogP contribution in [-0.2, 0) is 0 Å². The van der Waals surface area contributed by atoms with Crippen molar-refractivity contribution in [3.05, 3.63) is 76.4 Å². The van der Waals surface area contributed by atoms with Crippen molar-refractivity contribution in [2.45, 2.75) is 11.8 Å². The van der Waals surface area contributed by atoms with Crippen molar-refractivity contribution in [2.24, 2.45) is 0 Å². The van der Waals surface area contributed by atoms with Gasteiger partial charge in [0, 0.05) is 0 Å². The molecule has 0 aliphatic rings. The first-order valence-corrected chi connectivity index (χ1v) is 10.1. The van der Waals surface area contributed by atoms with Crippen LogP contribution in [0.15, 0.2) is 48.7 Å². The van der Waals surface area contributed by atoms with Gasteiger partial charge in [0.05, 0.1) is 35.6 Å². The van der Waals surface area contributed by atoms with E-state index in [1.165, 1.54) is 18.2 Å². The molecular formula is C21H17ClF5N5O3. The summed E-state index contributed by atoms with van der Waals surface area (Å²) in [6.45, 7) is -2.81. The summed E-state index contributed by atoms with van der Waals surface area (Å²) in [7, 11) is 0. The number of amides is 2. The molecule has 0 unspecified atom stereocenters. The molecule has 0 aliphatic carbocycles. The lowest BCUT2D eigenvalue weighted by molar-refractivity contribution is -0.254. The van der Waals surface area contributed by atoms with Crippen LogP contribution < -0.4 is 16.4 Å². The third kappa shape index (κ3) is 5.52. The number of alkyl halides is 3. The highest BCUT2D eigenvalue weighted by Crippen LogP contribution is 2.30. The largest absolute Gasteiger partial charge is 0.420 e. The number of carbonyl (C=O) groups is 2. The van der Waals surface area contributed by atoms with E-state index in [0.717, 1.165) is 35.1 Å². The molecule has 0 fully saturated rings. The van der Waals surface area contributed by atoms with Crippen LogP contribution in [0.3, 0.4) is 0 Å². The van der Waals surface area contributed by atoms with Crippen molar-refractivity contribution in [3.8, 4) is 5.69 Å². The molecule has 0 radical (unpaired) electrons. The smallest absolute Gasteiger partial charge is 0.383 e. The fourth-order valence-electron chi connectivity index (χ4n) is 2.94. The maximum atomic E-state index is 13.9. The third-order valence-corrected chi connectivity index (χ3v) is 5.24. The minimum atomic E-state index is -5.31. The SMILES string of the molecule is Nc1c(C(=O)NC[C@](O)(CNC(=O)c2c(F)cccc2Cl)C(F)(F)F)cnn1-c1ccc(F)cc1. The quantitative estimate of drug-likeness (QED) is 0.359. The number of rotatable bonds is 7. The van der Waals surface area contributed by atoms with Gasteiger partial charge in [0.1, 0.15) is 23.0 Å². The maximum Gasteiger partial charge on any atom is 0.420 e. The second-order valence-corrected chi connectivity index (χ2v) is 7.73. The highest BCUT2D eigenvalue weighted by Gasteiger charge is 2.54. The lowest BCUT2D eigenvalue weighted by Crippen LogP contribution is -2.59. The maximum absolute atomic E-state index is 13.9. The standard InChI is InChI=1S/C21H17ClF5N5O3/c22-14-2-1-3-15(24)16(14)19(34)30-10-20(35,21(25,26)27)9-29-18(33)13-8-31-32(17(13)28)12-6-4-11(23)5-7-12/h1-8,35H,9-10,28H2,(H,29,33)(H,30,34)/t20-/m0/s1. The summed E-state index contributed by atoms with van der Waals surface area (Å²) in [6, 6.07) is 8.09. The predicted molar refractivity (Wildman–Crippen MR) is 115 cm³/mol. The zero-order valence-electron chi connectivity index (χ0n) is 17.5. The van der Waals surface area contributed by atoms with E-state index in [1.54, 1.807) is 5.32 Å². The molecule has 5 N–H and O–H groups in total. The number of hydrogen-bond donors (Lipinski definition) is 4. The van der Waals surface area contributed by atoms with Crippen molar-refractivity contribution in [2.75, 3.05) is 18.8 Å². The molecule has 8 nitrogen and oxygen atoms in total. The summed E-state index contributed by atoms with van der Waals surface area (Å²) in [5.74, 6) is -4.28. The zero-order chi connectivity index (χ0) is 26.0. The average Bonchev–Trinajstić information content (AvgIpc) is 3.17. The molecule has 0 saturated heterocycles. The Balaban J connectivity index is 1.73. The second kappa shape index (κ2) is 9.88. The lowest BCUT2D eigenvalue weighted by atomic mass is 10.0. The summed E-state index contributed by atoms with van der Waals surface area (Å²) in [5.41, 5.74) is 1.48. The highest BCUT2D eigenvalue weighted by atomic mass is 35.5. The number of carbonyl (C=O) groups excluding carboxylic acids is 2. The van der Waals surface area contributed by atoms with E-state index in [0.29, 0.717) is 0 Å². The Morgan fingerprint density at radius 3 is 2.20 bits per heavy atom. The van der Waals surface area contributed by atoms with Gasteiger partial charge in [0.15, 0.2) is 5.60 Å². The van der Waals surface area contributed by atoms with E-state index in [2.05, 4.69) is 5.10 Å². The van der Waals surface area contributed by atoms with Gasteiger partial charge in [-0.2, -0.15) is 18.3 Å². The van der Waals surface area contributed by atoms with Crippen LogP contribution in [-0.4, -0.2) is 51.6 Å². The number of halogens is 6. The van der Waals surface area contributed by atoms with Gasteiger partial charge in [-0.25, -0.2) is 13.5 Å². The van der Waals surface area contributed by atoms with Gasteiger partial charge in [-0.3, -0.25) is 9.59 Å². The molecule has 3 rings (SSSR count). The molecule has 14 heteroatoms. The summed E-state index contributed by atoms with van der Waals surface area (Å²) >= 11 is 5.72. The molecule has 1 aromatic heterocycles. The van der Waals surface area contributed by atoms with Gasteiger partial charge in [-0.1, -0.05) is 17.7 Å². The van der Waals surface area contributed by atoms with Crippen LogP contribution in [0.1, 0.15) is 20.7 Å². The molecule has 1 heterocycles. The van der Waals surface area contributed by atoms with Gasteiger partial charge in [-0.15, -0.1) is 0 Å². The van der Waals surface area contributed by atoms with Crippen LogP contribution >= 0.6 is 11.6 Å². The highest BCUT2D eigenvalue weighted by molar-refractivity contribution is 6.33. The third-order valence-electron chi connectivity index (χ3n) is 4.92. The number of anilines is 1. The van der Waals surface area contributed by atoms with Crippen LogP contribution in [0.5, 0.6) is 0 Å². The number of nitrogens with two attached hydrogens (primary N) is 1. The van der Waals surface area contributed by atoms with Gasteiger partial charge >= 0.3 is 6.18 Å². The van der Waals surface area contributed by atoms with E-state index < -0.39 is 53.9 Å². The number of hydrogen-bond acceptors (Lipinski definition) is 5. The van der Waals surface area contributed by atoms with Crippen LogP contribution in [0.25, 0.3) is 5.69 Å². The van der Waals surface area contributed by atoms with Gasteiger partial charge in [0.25, 0.3) is 11.8 Å². The van der Waals surface area contributed by atoms with E-state index in [9.17, 15) is 36.6 Å². The van der Waals surface area contributed by atoms with Crippen LogP contribution in [0.4, 0.5) is 27.8 Å². The molecule has 0 aliphatic heterocycles.